The van der Waals surface area contributed by atoms with E-state index in [1.807, 2.05) is 6.08 Å². The number of ketones is 1. The normalized spacial score (nSPS) is 17.8. The molecule has 32 heavy (non-hydrogen) atoms. The number of carbonyl (C=O) groups is 2. The van der Waals surface area contributed by atoms with Crippen LogP contribution in [-0.2, 0) is 14.8 Å². The van der Waals surface area contributed by atoms with Crippen molar-refractivity contribution in [3.8, 4) is 0 Å². The quantitative estimate of drug-likeness (QED) is 0.495. The largest absolute Gasteiger partial charge is 0.346 e. The topological polar surface area (TPSA) is 79.7 Å². The molecule has 2 fully saturated rings. The lowest BCUT2D eigenvalue weighted by Crippen LogP contribution is -2.50. The first-order valence-corrected chi connectivity index (χ1v) is 12.4. The summed E-state index contributed by atoms with van der Waals surface area (Å²) in [5, 5.41) is 0. The standard InChI is InChI=1S/C24H29N3O4S/c1-17-16-21(18(2)27(17)22-7-8-22)6-11-24(29)25-12-14-26(15-13-25)32(30,31)23-9-4-20(5-10-23)19(3)28/h4-6,9-11,16,22H,7-8,12-15H2,1-3H3/b11-6+. The number of benzene rings is 1. The van der Waals surface area contributed by atoms with Crippen LogP contribution in [0.2, 0.25) is 0 Å². The van der Waals surface area contributed by atoms with Crippen LogP contribution >= 0.6 is 0 Å². The van der Waals surface area contributed by atoms with Crippen LogP contribution in [0.25, 0.3) is 6.08 Å². The third-order valence-corrected chi connectivity index (χ3v) is 8.20. The number of Topliss-reactive ketones (excluding diaryl/α,β-unsaturated/α-hetero) is 1. The molecule has 2 aromatic rings. The number of hydrogen-bond acceptors (Lipinski definition) is 4. The van der Waals surface area contributed by atoms with Crippen molar-refractivity contribution in [2.45, 2.75) is 44.6 Å². The van der Waals surface area contributed by atoms with Gasteiger partial charge in [-0.25, -0.2) is 8.42 Å². The van der Waals surface area contributed by atoms with Gasteiger partial charge < -0.3 is 9.47 Å². The number of sulfonamides is 1. The van der Waals surface area contributed by atoms with E-state index in [-0.39, 0.29) is 29.7 Å². The molecule has 1 aromatic carbocycles. The molecule has 1 amide bonds. The molecular formula is C24H29N3O4S. The number of piperazine rings is 1. The summed E-state index contributed by atoms with van der Waals surface area (Å²) in [6.07, 6.45) is 5.88. The molecule has 4 rings (SSSR count). The molecule has 1 aliphatic carbocycles. The fourth-order valence-corrected chi connectivity index (χ4v) is 5.71. The average molecular weight is 456 g/mol. The highest BCUT2D eigenvalue weighted by atomic mass is 32.2. The lowest BCUT2D eigenvalue weighted by molar-refractivity contribution is -0.127. The van der Waals surface area contributed by atoms with Crippen LogP contribution in [0.3, 0.4) is 0 Å². The molecule has 0 atom stereocenters. The van der Waals surface area contributed by atoms with Gasteiger partial charge in [-0.1, -0.05) is 12.1 Å². The number of nitrogens with zero attached hydrogens (tertiary/aromatic N) is 3. The summed E-state index contributed by atoms with van der Waals surface area (Å²) in [5.41, 5.74) is 3.93. The fourth-order valence-electron chi connectivity index (χ4n) is 4.29. The van der Waals surface area contributed by atoms with E-state index in [2.05, 4.69) is 24.5 Å². The zero-order chi connectivity index (χ0) is 23.0. The van der Waals surface area contributed by atoms with Crippen molar-refractivity contribution in [3.05, 3.63) is 58.9 Å². The first-order valence-electron chi connectivity index (χ1n) is 10.9. The Hall–Kier alpha value is -2.71. The van der Waals surface area contributed by atoms with E-state index in [4.69, 9.17) is 0 Å². The molecule has 1 saturated carbocycles. The van der Waals surface area contributed by atoms with Crippen LogP contribution in [-0.4, -0.2) is 60.1 Å². The van der Waals surface area contributed by atoms with Crippen LogP contribution in [0.5, 0.6) is 0 Å². The van der Waals surface area contributed by atoms with E-state index in [0.717, 1.165) is 5.56 Å². The molecule has 1 saturated heterocycles. The van der Waals surface area contributed by atoms with Gasteiger partial charge in [0.05, 0.1) is 4.90 Å². The Labute approximate surface area is 189 Å². The van der Waals surface area contributed by atoms with Gasteiger partial charge in [0.1, 0.15) is 0 Å². The highest BCUT2D eigenvalue weighted by molar-refractivity contribution is 7.89. The Kier molecular flexibility index (Phi) is 6.09. The van der Waals surface area contributed by atoms with E-state index in [1.165, 1.54) is 59.7 Å². The maximum Gasteiger partial charge on any atom is 0.246 e. The summed E-state index contributed by atoms with van der Waals surface area (Å²) >= 11 is 0. The predicted molar refractivity (Wildman–Crippen MR) is 123 cm³/mol. The maximum absolute atomic E-state index is 12.9. The number of hydrogen-bond donors (Lipinski definition) is 0. The minimum atomic E-state index is -3.66. The molecule has 0 spiro atoms. The van der Waals surface area contributed by atoms with Crippen LogP contribution < -0.4 is 0 Å². The summed E-state index contributed by atoms with van der Waals surface area (Å²) < 4.78 is 29.6. The number of aromatic nitrogens is 1. The lowest BCUT2D eigenvalue weighted by Gasteiger charge is -2.33. The first-order chi connectivity index (χ1) is 15.2. The SMILES string of the molecule is CC(=O)c1ccc(S(=O)(=O)N2CCN(C(=O)/C=C/c3cc(C)n(C4CC4)c3C)CC2)cc1. The molecule has 0 N–H and O–H groups in total. The smallest absolute Gasteiger partial charge is 0.246 e. The Bertz CT molecular complexity index is 1170. The van der Waals surface area contributed by atoms with E-state index < -0.39 is 10.0 Å². The summed E-state index contributed by atoms with van der Waals surface area (Å²) in [4.78, 5) is 25.9. The van der Waals surface area contributed by atoms with Crippen LogP contribution in [0.15, 0.2) is 41.3 Å². The van der Waals surface area contributed by atoms with Crippen molar-refractivity contribution in [1.82, 2.24) is 13.8 Å². The molecule has 7 nitrogen and oxygen atoms in total. The number of carbonyl (C=O) groups excluding carboxylic acids is 2. The fraction of sp³-hybridized carbons (Fsp3) is 0.417. The highest BCUT2D eigenvalue weighted by Gasteiger charge is 2.30. The van der Waals surface area contributed by atoms with Crippen LogP contribution in [0.1, 0.15) is 53.1 Å². The second-order valence-electron chi connectivity index (χ2n) is 8.57. The second-order valence-corrected chi connectivity index (χ2v) is 10.5. The molecule has 0 unspecified atom stereocenters. The zero-order valence-electron chi connectivity index (χ0n) is 18.7. The van der Waals surface area contributed by atoms with Crippen molar-refractivity contribution >= 4 is 27.8 Å². The van der Waals surface area contributed by atoms with Gasteiger partial charge in [0.15, 0.2) is 5.78 Å². The lowest BCUT2D eigenvalue weighted by atomic mass is 10.2. The average Bonchev–Trinajstić information content (AvgIpc) is 3.57. The summed E-state index contributed by atoms with van der Waals surface area (Å²) in [6.45, 7) is 6.79. The predicted octanol–water partition coefficient (Wildman–Crippen LogP) is 3.19. The third-order valence-electron chi connectivity index (χ3n) is 6.29. The van der Waals surface area contributed by atoms with Gasteiger partial charge in [-0.3, -0.25) is 9.59 Å². The maximum atomic E-state index is 12.9. The molecule has 170 valence electrons. The molecule has 8 heteroatoms. The van der Waals surface area contributed by atoms with Crippen molar-refractivity contribution in [2.24, 2.45) is 0 Å². The van der Waals surface area contributed by atoms with Crippen molar-refractivity contribution in [2.75, 3.05) is 26.2 Å². The Morgan fingerprint density at radius 3 is 2.19 bits per heavy atom. The molecule has 2 heterocycles. The van der Waals surface area contributed by atoms with E-state index in [0.29, 0.717) is 24.7 Å². The summed E-state index contributed by atoms with van der Waals surface area (Å²) in [7, 11) is -3.66. The van der Waals surface area contributed by atoms with Crippen molar-refractivity contribution < 1.29 is 18.0 Å². The minimum Gasteiger partial charge on any atom is -0.346 e. The van der Waals surface area contributed by atoms with Crippen molar-refractivity contribution in [1.29, 1.82) is 0 Å². The monoisotopic (exact) mass is 455 g/mol. The zero-order valence-corrected chi connectivity index (χ0v) is 19.6. The Morgan fingerprint density at radius 2 is 1.62 bits per heavy atom. The Morgan fingerprint density at radius 1 is 1.00 bits per heavy atom. The van der Waals surface area contributed by atoms with E-state index in [1.54, 1.807) is 11.0 Å². The molecule has 1 aliphatic heterocycles. The number of amides is 1. The van der Waals surface area contributed by atoms with Gasteiger partial charge in [0.25, 0.3) is 0 Å². The number of aryl methyl sites for hydroxylation is 1. The molecule has 1 aromatic heterocycles. The molecular weight excluding hydrogens is 426 g/mol. The molecule has 2 aliphatic rings. The van der Waals surface area contributed by atoms with Crippen LogP contribution in [0, 0.1) is 13.8 Å². The minimum absolute atomic E-state index is 0.107. The first kappa shape index (κ1) is 22.5. The van der Waals surface area contributed by atoms with Gasteiger partial charge in [-0.2, -0.15) is 4.31 Å². The molecule has 0 radical (unpaired) electrons. The highest BCUT2D eigenvalue weighted by Crippen LogP contribution is 2.38. The van der Waals surface area contributed by atoms with Gasteiger partial charge >= 0.3 is 0 Å². The van der Waals surface area contributed by atoms with E-state index in [9.17, 15) is 18.0 Å². The second kappa shape index (κ2) is 8.67. The number of rotatable bonds is 6. The van der Waals surface area contributed by atoms with Gasteiger partial charge in [-0.15, -0.1) is 0 Å². The molecule has 0 bridgehead atoms. The van der Waals surface area contributed by atoms with Crippen molar-refractivity contribution in [3.63, 3.8) is 0 Å². The van der Waals surface area contributed by atoms with Crippen LogP contribution in [0.4, 0.5) is 0 Å². The van der Waals surface area contributed by atoms with Gasteiger partial charge in [0, 0.05) is 55.2 Å². The Balaban J connectivity index is 1.38. The van der Waals surface area contributed by atoms with E-state index >= 15 is 0 Å². The summed E-state index contributed by atoms with van der Waals surface area (Å²) in [6, 6.07) is 8.69. The van der Waals surface area contributed by atoms with Gasteiger partial charge in [-0.05, 0) is 63.5 Å². The third kappa shape index (κ3) is 4.42. The van der Waals surface area contributed by atoms with Gasteiger partial charge in [0.2, 0.25) is 15.9 Å². The summed E-state index contributed by atoms with van der Waals surface area (Å²) in [5.74, 6) is -0.215.